The van der Waals surface area contributed by atoms with Crippen molar-refractivity contribution in [1.82, 2.24) is 9.13 Å². The standard InChI is InChI=1S/C14H14Cl2N4O4/c1-18-12(17)11(13(21)19(2)14(18)22)9(6-20(23)24)8-4-3-7(15)5-10(8)16/h3-5,9H,6,17H2,1-2H3/t9-/m1/s1. The van der Waals surface area contributed by atoms with Crippen molar-refractivity contribution in [3.63, 3.8) is 0 Å². The topological polar surface area (TPSA) is 113 Å². The lowest BCUT2D eigenvalue weighted by molar-refractivity contribution is -0.481. The van der Waals surface area contributed by atoms with E-state index < -0.39 is 28.6 Å². The molecular formula is C14H14Cl2N4O4. The van der Waals surface area contributed by atoms with Crippen LogP contribution in [0.2, 0.25) is 10.0 Å². The highest BCUT2D eigenvalue weighted by atomic mass is 35.5. The summed E-state index contributed by atoms with van der Waals surface area (Å²) in [6, 6.07) is 4.44. The SMILES string of the molecule is Cn1c(N)c([C@H](C[N+](=O)[O-])c2ccc(Cl)cc2Cl)c(=O)n(C)c1=O. The predicted octanol–water partition coefficient (Wildman–Crippen LogP) is 1.38. The first-order chi connectivity index (χ1) is 11.1. The van der Waals surface area contributed by atoms with Crippen LogP contribution in [0.1, 0.15) is 17.0 Å². The van der Waals surface area contributed by atoms with Crippen LogP contribution in [-0.2, 0) is 14.1 Å². The van der Waals surface area contributed by atoms with Gasteiger partial charge in [0.2, 0.25) is 6.54 Å². The van der Waals surface area contributed by atoms with Crippen molar-refractivity contribution in [1.29, 1.82) is 0 Å². The highest BCUT2D eigenvalue weighted by Crippen LogP contribution is 2.32. The van der Waals surface area contributed by atoms with Crippen molar-refractivity contribution in [2.75, 3.05) is 12.3 Å². The van der Waals surface area contributed by atoms with Crippen LogP contribution in [0.15, 0.2) is 27.8 Å². The number of halogens is 2. The molecule has 0 radical (unpaired) electrons. The van der Waals surface area contributed by atoms with E-state index in [9.17, 15) is 19.7 Å². The maximum atomic E-state index is 12.5. The molecule has 0 aliphatic carbocycles. The van der Waals surface area contributed by atoms with Gasteiger partial charge < -0.3 is 5.73 Å². The molecule has 0 aliphatic heterocycles. The monoisotopic (exact) mass is 372 g/mol. The summed E-state index contributed by atoms with van der Waals surface area (Å²) in [7, 11) is 2.66. The minimum absolute atomic E-state index is 0.0551. The number of rotatable bonds is 4. The van der Waals surface area contributed by atoms with Gasteiger partial charge in [-0.2, -0.15) is 0 Å². The fraction of sp³-hybridized carbons (Fsp3) is 0.286. The molecule has 2 aromatic rings. The van der Waals surface area contributed by atoms with E-state index in [-0.39, 0.29) is 16.4 Å². The first-order valence-corrected chi connectivity index (χ1v) is 7.52. The minimum Gasteiger partial charge on any atom is -0.385 e. The van der Waals surface area contributed by atoms with Gasteiger partial charge in [-0.05, 0) is 17.7 Å². The Kier molecular flexibility index (Phi) is 5.00. The molecule has 0 saturated carbocycles. The lowest BCUT2D eigenvalue weighted by Crippen LogP contribution is -2.42. The van der Waals surface area contributed by atoms with Gasteiger partial charge in [0.25, 0.3) is 5.56 Å². The fourth-order valence-corrected chi connectivity index (χ4v) is 3.03. The maximum absolute atomic E-state index is 12.5. The van der Waals surface area contributed by atoms with E-state index in [1.165, 1.54) is 32.3 Å². The Balaban J connectivity index is 2.82. The molecule has 0 bridgehead atoms. The average Bonchev–Trinajstić information content (AvgIpc) is 2.50. The lowest BCUT2D eigenvalue weighted by Gasteiger charge is -2.19. The molecule has 0 unspecified atom stereocenters. The molecule has 0 saturated heterocycles. The summed E-state index contributed by atoms with van der Waals surface area (Å²) in [6.07, 6.45) is 0. The summed E-state index contributed by atoms with van der Waals surface area (Å²) < 4.78 is 1.91. The number of aromatic nitrogens is 2. The van der Waals surface area contributed by atoms with E-state index >= 15 is 0 Å². The fourth-order valence-electron chi connectivity index (χ4n) is 2.49. The second-order valence-electron chi connectivity index (χ2n) is 5.24. The van der Waals surface area contributed by atoms with E-state index in [1.54, 1.807) is 0 Å². The molecule has 8 nitrogen and oxygen atoms in total. The van der Waals surface area contributed by atoms with E-state index in [1.807, 2.05) is 0 Å². The summed E-state index contributed by atoms with van der Waals surface area (Å²) in [5.74, 6) is -1.16. The Hall–Kier alpha value is -2.32. The number of hydrogen-bond acceptors (Lipinski definition) is 5. The largest absolute Gasteiger partial charge is 0.385 e. The summed E-state index contributed by atoms with van der Waals surface area (Å²) in [5, 5.41) is 11.6. The van der Waals surface area contributed by atoms with Crippen molar-refractivity contribution < 1.29 is 4.92 Å². The van der Waals surface area contributed by atoms with Gasteiger partial charge in [0, 0.05) is 29.1 Å². The van der Waals surface area contributed by atoms with Crippen LogP contribution in [0.4, 0.5) is 5.82 Å². The number of nitro groups is 1. The predicted molar refractivity (Wildman–Crippen MR) is 91.5 cm³/mol. The van der Waals surface area contributed by atoms with Crippen LogP contribution < -0.4 is 17.0 Å². The molecule has 1 heterocycles. The number of nitrogens with zero attached hydrogens (tertiary/aromatic N) is 3. The molecule has 0 fully saturated rings. The van der Waals surface area contributed by atoms with Gasteiger partial charge in [-0.15, -0.1) is 0 Å². The molecule has 0 aliphatic rings. The van der Waals surface area contributed by atoms with Crippen LogP contribution >= 0.6 is 23.2 Å². The summed E-state index contributed by atoms with van der Waals surface area (Å²) in [4.78, 5) is 35.0. The zero-order chi connectivity index (χ0) is 18.2. The van der Waals surface area contributed by atoms with Gasteiger partial charge in [0.05, 0.1) is 11.5 Å². The number of nitrogen functional groups attached to an aromatic ring is 1. The summed E-state index contributed by atoms with van der Waals surface area (Å²) in [6.45, 7) is -0.612. The third kappa shape index (κ3) is 3.15. The number of benzene rings is 1. The molecule has 2 rings (SSSR count). The Morgan fingerprint density at radius 2 is 1.88 bits per heavy atom. The third-order valence-corrected chi connectivity index (χ3v) is 4.33. The molecule has 2 N–H and O–H groups in total. The maximum Gasteiger partial charge on any atom is 0.332 e. The Bertz CT molecular complexity index is 936. The van der Waals surface area contributed by atoms with Crippen molar-refractivity contribution in [2.45, 2.75) is 5.92 Å². The first kappa shape index (κ1) is 18.0. The van der Waals surface area contributed by atoms with Gasteiger partial charge >= 0.3 is 5.69 Å². The van der Waals surface area contributed by atoms with Crippen LogP contribution in [-0.4, -0.2) is 20.6 Å². The minimum atomic E-state index is -1.02. The quantitative estimate of drug-likeness (QED) is 0.643. The smallest absolute Gasteiger partial charge is 0.332 e. The molecule has 0 amide bonds. The van der Waals surface area contributed by atoms with Crippen molar-refractivity contribution in [3.8, 4) is 0 Å². The van der Waals surface area contributed by atoms with Gasteiger partial charge in [0.15, 0.2) is 0 Å². The van der Waals surface area contributed by atoms with Crippen molar-refractivity contribution >= 4 is 29.0 Å². The number of hydrogen-bond donors (Lipinski definition) is 1. The third-order valence-electron chi connectivity index (χ3n) is 3.76. The molecule has 128 valence electrons. The molecule has 0 spiro atoms. The van der Waals surface area contributed by atoms with Crippen molar-refractivity contribution in [2.24, 2.45) is 14.1 Å². The molecule has 1 aromatic heterocycles. The van der Waals surface area contributed by atoms with Gasteiger partial charge in [0.1, 0.15) is 5.82 Å². The lowest BCUT2D eigenvalue weighted by atomic mass is 9.92. The second kappa shape index (κ2) is 6.66. The van der Waals surface area contributed by atoms with E-state index in [0.717, 1.165) is 9.13 Å². The van der Waals surface area contributed by atoms with E-state index in [4.69, 9.17) is 28.9 Å². The van der Waals surface area contributed by atoms with E-state index in [0.29, 0.717) is 10.6 Å². The molecule has 24 heavy (non-hydrogen) atoms. The van der Waals surface area contributed by atoms with Crippen LogP contribution in [0, 0.1) is 10.1 Å². The molecular weight excluding hydrogens is 359 g/mol. The average molecular weight is 373 g/mol. The van der Waals surface area contributed by atoms with Gasteiger partial charge in [-0.25, -0.2) is 4.79 Å². The Labute approximate surface area is 146 Å². The summed E-state index contributed by atoms with van der Waals surface area (Å²) >= 11 is 12.0. The van der Waals surface area contributed by atoms with Crippen LogP contribution in [0.5, 0.6) is 0 Å². The highest BCUT2D eigenvalue weighted by Gasteiger charge is 2.29. The Morgan fingerprint density at radius 3 is 2.42 bits per heavy atom. The molecule has 1 aromatic carbocycles. The normalized spacial score (nSPS) is 12.2. The Morgan fingerprint density at radius 1 is 1.25 bits per heavy atom. The van der Waals surface area contributed by atoms with Crippen LogP contribution in [0.25, 0.3) is 0 Å². The van der Waals surface area contributed by atoms with Gasteiger partial charge in [-0.3, -0.25) is 24.0 Å². The highest BCUT2D eigenvalue weighted by molar-refractivity contribution is 6.35. The zero-order valence-corrected chi connectivity index (χ0v) is 14.3. The number of nitrogens with two attached hydrogens (primary N) is 1. The van der Waals surface area contributed by atoms with Gasteiger partial charge in [-0.1, -0.05) is 29.3 Å². The van der Waals surface area contributed by atoms with E-state index in [2.05, 4.69) is 0 Å². The summed E-state index contributed by atoms with van der Waals surface area (Å²) in [5.41, 5.74) is 4.86. The number of anilines is 1. The van der Waals surface area contributed by atoms with Crippen molar-refractivity contribution in [3.05, 3.63) is 70.3 Å². The zero-order valence-electron chi connectivity index (χ0n) is 12.8. The second-order valence-corrected chi connectivity index (χ2v) is 6.08. The molecule has 1 atom stereocenters. The molecule has 10 heteroatoms. The van der Waals surface area contributed by atoms with Crippen LogP contribution in [0.3, 0.4) is 0 Å². The first-order valence-electron chi connectivity index (χ1n) is 6.77.